The van der Waals surface area contributed by atoms with E-state index in [0.717, 1.165) is 0 Å². The van der Waals surface area contributed by atoms with Gasteiger partial charge in [0.15, 0.2) is 0 Å². The second kappa shape index (κ2) is 5.41. The first-order chi connectivity index (χ1) is 10.0. The Bertz CT molecular complexity index is 661. The lowest BCUT2D eigenvalue weighted by atomic mass is 10.1. The maximum absolute atomic E-state index is 13.3. The Morgan fingerprint density at radius 2 is 1.86 bits per heavy atom. The first-order valence-electron chi connectivity index (χ1n) is 6.23. The fourth-order valence-corrected chi connectivity index (χ4v) is 2.49. The smallest absolute Gasteiger partial charge is 0.256 e. The van der Waals surface area contributed by atoms with Gasteiger partial charge in [-0.2, -0.15) is 0 Å². The highest BCUT2D eigenvalue weighted by atomic mass is 35.5. The number of hydrogen-bond donors (Lipinski definition) is 0. The summed E-state index contributed by atoms with van der Waals surface area (Å²) in [5, 5.41) is 0.481. The van der Waals surface area contributed by atoms with Crippen LogP contribution in [0.15, 0.2) is 41.4 Å². The lowest BCUT2D eigenvalue weighted by Crippen LogP contribution is -2.24. The summed E-state index contributed by atoms with van der Waals surface area (Å²) in [4.78, 5) is 5.61. The molecule has 1 aliphatic rings. The van der Waals surface area contributed by atoms with Gasteiger partial charge < -0.3 is 4.90 Å². The monoisotopic (exact) mass is 310 g/mol. The highest BCUT2D eigenvalue weighted by molar-refractivity contribution is 6.31. The van der Waals surface area contributed by atoms with Crippen molar-refractivity contribution in [3.05, 3.63) is 52.8 Å². The molecule has 0 amide bonds. The number of aliphatic imine (C=N–C) groups is 1. The fourth-order valence-electron chi connectivity index (χ4n) is 2.31. The predicted octanol–water partition coefficient (Wildman–Crippen LogP) is 4.95. The molecule has 1 heterocycles. The van der Waals surface area contributed by atoms with Crippen LogP contribution in [0.25, 0.3) is 0 Å². The van der Waals surface area contributed by atoms with Crippen LogP contribution in [0.5, 0.6) is 0 Å². The summed E-state index contributed by atoms with van der Waals surface area (Å²) in [5.41, 5.74) is 1.92. The summed E-state index contributed by atoms with van der Waals surface area (Å²) in [6, 6.07) is 8.83. The molecule has 2 nitrogen and oxygen atoms in total. The van der Waals surface area contributed by atoms with Crippen molar-refractivity contribution < 1.29 is 13.2 Å². The summed E-state index contributed by atoms with van der Waals surface area (Å²) >= 11 is 5.93. The molecule has 3 rings (SSSR count). The van der Waals surface area contributed by atoms with Crippen LogP contribution in [0.1, 0.15) is 5.56 Å². The van der Waals surface area contributed by atoms with Gasteiger partial charge in [-0.15, -0.1) is 0 Å². The van der Waals surface area contributed by atoms with Crippen LogP contribution in [-0.4, -0.2) is 19.2 Å². The molecule has 0 spiro atoms. The van der Waals surface area contributed by atoms with Crippen molar-refractivity contribution in [2.45, 2.75) is 6.43 Å². The van der Waals surface area contributed by atoms with Crippen LogP contribution in [0.3, 0.4) is 0 Å². The maximum Gasteiger partial charge on any atom is 0.256 e. The number of halogens is 4. The number of benzene rings is 2. The molecule has 0 N–H and O–H groups in total. The zero-order chi connectivity index (χ0) is 15.0. The third-order valence-electron chi connectivity index (χ3n) is 3.17. The van der Waals surface area contributed by atoms with Crippen molar-refractivity contribution in [3.8, 4) is 0 Å². The maximum atomic E-state index is 13.3. The molecule has 2 aromatic rings. The second-order valence-corrected chi connectivity index (χ2v) is 5.03. The Labute approximate surface area is 124 Å². The van der Waals surface area contributed by atoms with Gasteiger partial charge in [0.1, 0.15) is 5.82 Å². The summed E-state index contributed by atoms with van der Waals surface area (Å²) in [5.74, 6) is -0.466. The van der Waals surface area contributed by atoms with Gasteiger partial charge in [-0.05, 0) is 30.3 Å². The molecular formula is C15H10ClF3N2. The number of rotatable bonds is 2. The van der Waals surface area contributed by atoms with E-state index in [1.54, 1.807) is 18.2 Å². The standard InChI is InChI=1S/C15H10ClF3N2/c16-10-1-3-13-9(5-10)7-20-12-6-11(17)2-4-14(12)21(13)8-15(18)19/h1-7,15H,8H2. The van der Waals surface area contributed by atoms with Crippen LogP contribution >= 0.6 is 11.6 Å². The van der Waals surface area contributed by atoms with E-state index < -0.39 is 18.8 Å². The Balaban J connectivity index is 2.20. The highest BCUT2D eigenvalue weighted by Gasteiger charge is 2.22. The van der Waals surface area contributed by atoms with E-state index >= 15 is 0 Å². The van der Waals surface area contributed by atoms with Crippen LogP contribution in [0.4, 0.5) is 30.2 Å². The number of fused-ring (bicyclic) bond motifs is 2. The minimum Gasteiger partial charge on any atom is -0.333 e. The van der Waals surface area contributed by atoms with Crippen molar-refractivity contribution in [2.75, 3.05) is 11.4 Å². The Kier molecular flexibility index (Phi) is 3.59. The molecule has 0 radical (unpaired) electrons. The lowest BCUT2D eigenvalue weighted by Gasteiger charge is -2.26. The van der Waals surface area contributed by atoms with Crippen LogP contribution in [-0.2, 0) is 0 Å². The Morgan fingerprint density at radius 1 is 1.10 bits per heavy atom. The molecule has 0 aliphatic carbocycles. The quantitative estimate of drug-likeness (QED) is 0.766. The normalized spacial score (nSPS) is 13.1. The lowest BCUT2D eigenvalue weighted by molar-refractivity contribution is 0.158. The molecule has 0 aromatic heterocycles. The van der Waals surface area contributed by atoms with Crippen molar-refractivity contribution in [3.63, 3.8) is 0 Å². The van der Waals surface area contributed by atoms with Crippen LogP contribution in [0, 0.1) is 5.82 Å². The number of anilines is 2. The zero-order valence-electron chi connectivity index (χ0n) is 10.7. The molecular weight excluding hydrogens is 301 g/mol. The SMILES string of the molecule is Fc1ccc2c(c1)N=Cc1cc(Cl)ccc1N2CC(F)F. The van der Waals surface area contributed by atoms with Gasteiger partial charge in [0, 0.05) is 22.9 Å². The average molecular weight is 311 g/mol. The predicted molar refractivity (Wildman–Crippen MR) is 78.1 cm³/mol. The molecule has 0 bridgehead atoms. The number of hydrogen-bond acceptors (Lipinski definition) is 2. The van der Waals surface area contributed by atoms with Crippen molar-refractivity contribution in [1.82, 2.24) is 0 Å². The van der Waals surface area contributed by atoms with Crippen molar-refractivity contribution in [2.24, 2.45) is 4.99 Å². The van der Waals surface area contributed by atoms with E-state index in [0.29, 0.717) is 27.6 Å². The van der Waals surface area contributed by atoms with Gasteiger partial charge in [-0.25, -0.2) is 13.2 Å². The molecule has 2 aromatic carbocycles. The number of nitrogens with zero attached hydrogens (tertiary/aromatic N) is 2. The minimum absolute atomic E-state index is 0.308. The summed E-state index contributed by atoms with van der Waals surface area (Å²) < 4.78 is 39.2. The molecule has 1 aliphatic heterocycles. The topological polar surface area (TPSA) is 15.6 Å². The summed E-state index contributed by atoms with van der Waals surface area (Å²) in [7, 11) is 0. The van der Waals surface area contributed by atoms with Crippen LogP contribution < -0.4 is 4.90 Å². The first kappa shape index (κ1) is 13.9. The Hall–Kier alpha value is -2.01. The third kappa shape index (κ3) is 2.74. The van der Waals surface area contributed by atoms with E-state index in [1.165, 1.54) is 29.3 Å². The van der Waals surface area contributed by atoms with Gasteiger partial charge in [0.05, 0.1) is 23.6 Å². The third-order valence-corrected chi connectivity index (χ3v) is 3.41. The molecule has 108 valence electrons. The van der Waals surface area contributed by atoms with E-state index in [4.69, 9.17) is 11.6 Å². The molecule has 6 heteroatoms. The van der Waals surface area contributed by atoms with Gasteiger partial charge in [-0.1, -0.05) is 11.6 Å². The zero-order valence-corrected chi connectivity index (χ0v) is 11.5. The first-order valence-corrected chi connectivity index (χ1v) is 6.61. The van der Waals surface area contributed by atoms with E-state index in [-0.39, 0.29) is 0 Å². The van der Waals surface area contributed by atoms with Gasteiger partial charge in [-0.3, -0.25) is 4.99 Å². The van der Waals surface area contributed by atoms with Gasteiger partial charge in [0.25, 0.3) is 6.43 Å². The van der Waals surface area contributed by atoms with E-state index in [2.05, 4.69) is 4.99 Å². The minimum atomic E-state index is -2.54. The molecule has 0 saturated carbocycles. The van der Waals surface area contributed by atoms with Crippen LogP contribution in [0.2, 0.25) is 5.02 Å². The average Bonchev–Trinajstić information content (AvgIpc) is 2.56. The van der Waals surface area contributed by atoms with Crippen molar-refractivity contribution >= 4 is 34.9 Å². The molecule has 0 unspecified atom stereocenters. The highest BCUT2D eigenvalue weighted by Crippen LogP contribution is 2.39. The fraction of sp³-hybridized carbons (Fsp3) is 0.133. The Morgan fingerprint density at radius 3 is 2.62 bits per heavy atom. The molecule has 0 fully saturated rings. The van der Waals surface area contributed by atoms with Gasteiger partial charge in [0.2, 0.25) is 0 Å². The molecule has 0 saturated heterocycles. The second-order valence-electron chi connectivity index (χ2n) is 4.60. The van der Waals surface area contributed by atoms with Gasteiger partial charge >= 0.3 is 0 Å². The molecule has 0 atom stereocenters. The summed E-state index contributed by atoms with van der Waals surface area (Å²) in [6.45, 7) is -0.503. The van der Waals surface area contributed by atoms with E-state index in [1.807, 2.05) is 0 Å². The van der Waals surface area contributed by atoms with E-state index in [9.17, 15) is 13.2 Å². The van der Waals surface area contributed by atoms with Crippen molar-refractivity contribution in [1.29, 1.82) is 0 Å². The molecule has 21 heavy (non-hydrogen) atoms. The summed E-state index contributed by atoms with van der Waals surface area (Å²) in [6.07, 6.45) is -1.03. The number of alkyl halides is 2. The largest absolute Gasteiger partial charge is 0.333 e.